The van der Waals surface area contributed by atoms with Crippen molar-refractivity contribution in [1.29, 1.82) is 0 Å². The smallest absolute Gasteiger partial charge is 0.104 e. The van der Waals surface area contributed by atoms with E-state index >= 15 is 0 Å². The van der Waals surface area contributed by atoms with E-state index in [2.05, 4.69) is 31.9 Å². The van der Waals surface area contributed by atoms with E-state index in [0.29, 0.717) is 0 Å². The van der Waals surface area contributed by atoms with Crippen molar-refractivity contribution in [2.75, 3.05) is 13.2 Å². The molecule has 0 amide bonds. The lowest BCUT2D eigenvalue weighted by atomic mass is 10.2. The molecule has 0 N–H and O–H groups in total. The number of alkyl halides is 2. The maximum atomic E-state index is 5.19. The monoisotopic (exact) mass is 242 g/mol. The minimum Gasteiger partial charge on any atom is -0.379 e. The summed E-state index contributed by atoms with van der Waals surface area (Å²) in [6.45, 7) is 1.70. The molecule has 1 aliphatic rings. The standard InChI is InChI=1S/C5H8Br2O/c6-5(7)2-1-3-8-4-5/h1-4H2. The van der Waals surface area contributed by atoms with E-state index in [1.165, 1.54) is 0 Å². The van der Waals surface area contributed by atoms with Crippen LogP contribution in [0.15, 0.2) is 0 Å². The van der Waals surface area contributed by atoms with Crippen LogP contribution in [0.2, 0.25) is 0 Å². The van der Waals surface area contributed by atoms with Gasteiger partial charge in [0.05, 0.1) is 6.61 Å². The van der Waals surface area contributed by atoms with Crippen LogP contribution in [0, 0.1) is 0 Å². The number of hydrogen-bond donors (Lipinski definition) is 0. The molecule has 1 heterocycles. The first kappa shape index (κ1) is 7.03. The van der Waals surface area contributed by atoms with Crippen LogP contribution >= 0.6 is 31.9 Å². The van der Waals surface area contributed by atoms with Gasteiger partial charge in [-0.1, -0.05) is 31.9 Å². The number of hydrogen-bond acceptors (Lipinski definition) is 1. The lowest BCUT2D eigenvalue weighted by molar-refractivity contribution is 0.0969. The average Bonchev–Trinajstić information content (AvgIpc) is 1.65. The molecule has 1 nitrogen and oxygen atoms in total. The Morgan fingerprint density at radius 3 is 2.38 bits per heavy atom. The van der Waals surface area contributed by atoms with E-state index in [1.807, 2.05) is 0 Å². The van der Waals surface area contributed by atoms with Gasteiger partial charge in [-0.25, -0.2) is 0 Å². The molecule has 1 aliphatic heterocycles. The fraction of sp³-hybridized carbons (Fsp3) is 1.00. The van der Waals surface area contributed by atoms with Gasteiger partial charge in [-0.05, 0) is 12.8 Å². The fourth-order valence-electron chi connectivity index (χ4n) is 0.727. The van der Waals surface area contributed by atoms with Crippen LogP contribution in [0.1, 0.15) is 12.8 Å². The maximum absolute atomic E-state index is 5.19. The Morgan fingerprint density at radius 1 is 1.38 bits per heavy atom. The highest BCUT2D eigenvalue weighted by Crippen LogP contribution is 2.34. The molecule has 8 heavy (non-hydrogen) atoms. The number of rotatable bonds is 0. The highest BCUT2D eigenvalue weighted by Gasteiger charge is 2.25. The SMILES string of the molecule is BrC1(Br)CCCOC1. The van der Waals surface area contributed by atoms with Crippen LogP contribution in [0.4, 0.5) is 0 Å². The van der Waals surface area contributed by atoms with Crippen molar-refractivity contribution >= 4 is 31.9 Å². The molecule has 1 saturated heterocycles. The Bertz CT molecular complexity index is 74.5. The molecule has 0 radical (unpaired) electrons. The van der Waals surface area contributed by atoms with Crippen LogP contribution in [-0.2, 0) is 4.74 Å². The maximum Gasteiger partial charge on any atom is 0.104 e. The zero-order valence-electron chi connectivity index (χ0n) is 4.49. The van der Waals surface area contributed by atoms with Crippen molar-refractivity contribution < 1.29 is 4.74 Å². The van der Waals surface area contributed by atoms with E-state index in [0.717, 1.165) is 26.1 Å². The van der Waals surface area contributed by atoms with Crippen LogP contribution in [-0.4, -0.2) is 16.4 Å². The van der Waals surface area contributed by atoms with E-state index in [9.17, 15) is 0 Å². The van der Waals surface area contributed by atoms with Crippen LogP contribution in [0.25, 0.3) is 0 Å². The van der Waals surface area contributed by atoms with Gasteiger partial charge in [-0.3, -0.25) is 0 Å². The lowest BCUT2D eigenvalue weighted by Gasteiger charge is -2.24. The predicted octanol–water partition coefficient (Wildman–Crippen LogP) is 2.28. The molecule has 0 atom stereocenters. The van der Waals surface area contributed by atoms with Crippen molar-refractivity contribution in [2.24, 2.45) is 0 Å². The molecule has 0 aromatic carbocycles. The minimum atomic E-state index is 0.0816. The molecular weight excluding hydrogens is 236 g/mol. The van der Waals surface area contributed by atoms with Crippen molar-refractivity contribution in [3.05, 3.63) is 0 Å². The van der Waals surface area contributed by atoms with Gasteiger partial charge in [0.1, 0.15) is 3.23 Å². The molecule has 0 bridgehead atoms. The molecular formula is C5H8Br2O. The van der Waals surface area contributed by atoms with Crippen LogP contribution in [0.3, 0.4) is 0 Å². The number of halogens is 2. The third-order valence-corrected chi connectivity index (χ3v) is 2.40. The van der Waals surface area contributed by atoms with E-state index in [-0.39, 0.29) is 3.23 Å². The second-order valence-corrected chi connectivity index (χ2v) is 6.11. The summed E-state index contributed by atoms with van der Waals surface area (Å²) in [5.74, 6) is 0. The van der Waals surface area contributed by atoms with E-state index in [1.54, 1.807) is 0 Å². The fourth-order valence-corrected chi connectivity index (χ4v) is 1.61. The second-order valence-electron chi connectivity index (χ2n) is 2.01. The molecule has 0 aromatic rings. The summed E-state index contributed by atoms with van der Waals surface area (Å²) in [7, 11) is 0. The quantitative estimate of drug-likeness (QED) is 0.594. The van der Waals surface area contributed by atoms with Crippen molar-refractivity contribution in [1.82, 2.24) is 0 Å². The van der Waals surface area contributed by atoms with Crippen LogP contribution in [0.5, 0.6) is 0 Å². The molecule has 0 aromatic heterocycles. The van der Waals surface area contributed by atoms with Gasteiger partial charge in [0.2, 0.25) is 0 Å². The Labute approximate surface area is 66.0 Å². The lowest BCUT2D eigenvalue weighted by Crippen LogP contribution is -2.25. The Kier molecular flexibility index (Phi) is 2.35. The first-order valence-electron chi connectivity index (χ1n) is 2.66. The summed E-state index contributed by atoms with van der Waals surface area (Å²) in [4.78, 5) is 0. The average molecular weight is 244 g/mol. The van der Waals surface area contributed by atoms with Gasteiger partial charge in [0.25, 0.3) is 0 Å². The molecule has 0 saturated carbocycles. The Balaban J connectivity index is 2.33. The van der Waals surface area contributed by atoms with Crippen molar-refractivity contribution in [2.45, 2.75) is 16.1 Å². The summed E-state index contributed by atoms with van der Waals surface area (Å²) in [6, 6.07) is 0. The highest BCUT2D eigenvalue weighted by molar-refractivity contribution is 9.25. The van der Waals surface area contributed by atoms with Gasteiger partial charge in [0, 0.05) is 6.61 Å². The first-order valence-corrected chi connectivity index (χ1v) is 4.25. The van der Waals surface area contributed by atoms with Crippen molar-refractivity contribution in [3.63, 3.8) is 0 Å². The Morgan fingerprint density at radius 2 is 2.12 bits per heavy atom. The van der Waals surface area contributed by atoms with Gasteiger partial charge >= 0.3 is 0 Å². The van der Waals surface area contributed by atoms with Gasteiger partial charge in [-0.2, -0.15) is 0 Å². The van der Waals surface area contributed by atoms with Crippen molar-refractivity contribution in [3.8, 4) is 0 Å². The minimum absolute atomic E-state index is 0.0816. The molecule has 3 heteroatoms. The molecule has 1 rings (SSSR count). The zero-order chi connectivity index (χ0) is 6.04. The third kappa shape index (κ3) is 2.03. The van der Waals surface area contributed by atoms with Gasteiger partial charge in [-0.15, -0.1) is 0 Å². The summed E-state index contributed by atoms with van der Waals surface area (Å²) < 4.78 is 5.27. The van der Waals surface area contributed by atoms with Gasteiger partial charge < -0.3 is 4.74 Å². The first-order chi connectivity index (χ1) is 3.71. The molecule has 0 aliphatic carbocycles. The van der Waals surface area contributed by atoms with E-state index < -0.39 is 0 Å². The normalized spacial score (nSPS) is 27.8. The molecule has 1 fully saturated rings. The third-order valence-electron chi connectivity index (χ3n) is 1.14. The largest absolute Gasteiger partial charge is 0.379 e. The summed E-state index contributed by atoms with van der Waals surface area (Å²) >= 11 is 6.97. The number of ether oxygens (including phenoxy) is 1. The second kappa shape index (κ2) is 2.67. The highest BCUT2D eigenvalue weighted by atomic mass is 79.9. The predicted molar refractivity (Wildman–Crippen MR) is 40.6 cm³/mol. The summed E-state index contributed by atoms with van der Waals surface area (Å²) in [5.41, 5.74) is 0. The molecule has 48 valence electrons. The molecule has 0 unspecified atom stereocenters. The van der Waals surface area contributed by atoms with Gasteiger partial charge in [0.15, 0.2) is 0 Å². The van der Waals surface area contributed by atoms with Crippen LogP contribution < -0.4 is 0 Å². The summed E-state index contributed by atoms with van der Waals surface area (Å²) in [6.07, 6.45) is 2.31. The molecule has 0 spiro atoms. The van der Waals surface area contributed by atoms with E-state index in [4.69, 9.17) is 4.74 Å². The zero-order valence-corrected chi connectivity index (χ0v) is 7.66. The summed E-state index contributed by atoms with van der Waals surface area (Å²) in [5, 5.41) is 0. The Hall–Kier alpha value is 0.920. The topological polar surface area (TPSA) is 9.23 Å².